The molecular weight excluding hydrogens is 163 g/mol. The van der Waals surface area contributed by atoms with Gasteiger partial charge in [-0.1, -0.05) is 37.8 Å². The summed E-state index contributed by atoms with van der Waals surface area (Å²) < 4.78 is 12.6. The van der Waals surface area contributed by atoms with E-state index >= 15 is 0 Å². The quantitative estimate of drug-likeness (QED) is 0.649. The van der Waals surface area contributed by atoms with Gasteiger partial charge in [0.1, 0.15) is 5.82 Å². The van der Waals surface area contributed by atoms with Crippen LogP contribution in [0.1, 0.15) is 31.2 Å². The minimum atomic E-state index is -0.129. The maximum atomic E-state index is 12.6. The van der Waals surface area contributed by atoms with Crippen molar-refractivity contribution in [2.24, 2.45) is 5.92 Å². The van der Waals surface area contributed by atoms with Crippen molar-refractivity contribution in [3.8, 4) is 0 Å². The van der Waals surface area contributed by atoms with Crippen LogP contribution in [0.5, 0.6) is 0 Å². The Bertz CT molecular complexity index is 257. The summed E-state index contributed by atoms with van der Waals surface area (Å²) in [7, 11) is 0. The van der Waals surface area contributed by atoms with Crippen LogP contribution in [0.4, 0.5) is 4.39 Å². The highest BCUT2D eigenvalue weighted by Crippen LogP contribution is 2.27. The van der Waals surface area contributed by atoms with Crippen molar-refractivity contribution in [3.05, 3.63) is 35.6 Å². The lowest BCUT2D eigenvalue weighted by Crippen LogP contribution is -1.98. The minimum absolute atomic E-state index is 0.129. The summed E-state index contributed by atoms with van der Waals surface area (Å²) in [5.74, 6) is 0.723. The van der Waals surface area contributed by atoms with Crippen molar-refractivity contribution in [1.82, 2.24) is 0 Å². The summed E-state index contributed by atoms with van der Waals surface area (Å²) in [6, 6.07) is 6.94. The van der Waals surface area contributed by atoms with Crippen molar-refractivity contribution in [1.29, 1.82) is 0 Å². The van der Waals surface area contributed by atoms with Crippen LogP contribution in [-0.2, 0) is 6.42 Å². The largest absolute Gasteiger partial charge is 0.207 e. The molecule has 1 aromatic rings. The highest BCUT2D eigenvalue weighted by Gasteiger charge is 2.14. The Morgan fingerprint density at radius 2 is 1.69 bits per heavy atom. The van der Waals surface area contributed by atoms with E-state index in [-0.39, 0.29) is 5.82 Å². The molecule has 0 amide bonds. The molecule has 1 saturated carbocycles. The zero-order chi connectivity index (χ0) is 9.10. The summed E-state index contributed by atoms with van der Waals surface area (Å²) in [4.78, 5) is 0. The first-order valence-corrected chi connectivity index (χ1v) is 5.09. The second kappa shape index (κ2) is 3.91. The third-order valence-electron chi connectivity index (χ3n) is 2.91. The highest BCUT2D eigenvalue weighted by atomic mass is 19.1. The van der Waals surface area contributed by atoms with Gasteiger partial charge in [0.2, 0.25) is 0 Å². The van der Waals surface area contributed by atoms with Crippen LogP contribution in [-0.4, -0.2) is 0 Å². The fourth-order valence-corrected chi connectivity index (χ4v) is 2.17. The van der Waals surface area contributed by atoms with E-state index in [1.807, 2.05) is 12.1 Å². The molecule has 70 valence electrons. The van der Waals surface area contributed by atoms with Gasteiger partial charge in [-0.05, 0) is 30.0 Å². The molecule has 0 atom stereocenters. The molecule has 0 nitrogen and oxygen atoms in total. The van der Waals surface area contributed by atoms with Gasteiger partial charge in [-0.15, -0.1) is 0 Å². The van der Waals surface area contributed by atoms with Crippen LogP contribution in [0, 0.1) is 11.7 Å². The Balaban J connectivity index is 1.97. The first-order valence-electron chi connectivity index (χ1n) is 5.09. The summed E-state index contributed by atoms with van der Waals surface area (Å²) in [6.45, 7) is 0. The molecular formula is C12H15F. The van der Waals surface area contributed by atoms with Crippen molar-refractivity contribution in [3.63, 3.8) is 0 Å². The number of hydrogen-bond acceptors (Lipinski definition) is 0. The van der Waals surface area contributed by atoms with E-state index < -0.39 is 0 Å². The first-order chi connectivity index (χ1) is 6.34. The fraction of sp³-hybridized carbons (Fsp3) is 0.500. The second-order valence-corrected chi connectivity index (χ2v) is 3.98. The van der Waals surface area contributed by atoms with E-state index in [1.54, 1.807) is 12.1 Å². The van der Waals surface area contributed by atoms with Crippen molar-refractivity contribution in [2.75, 3.05) is 0 Å². The summed E-state index contributed by atoms with van der Waals surface area (Å²) in [5, 5.41) is 0. The number of rotatable bonds is 2. The lowest BCUT2D eigenvalue weighted by molar-refractivity contribution is 0.545. The molecule has 0 bridgehead atoms. The minimum Gasteiger partial charge on any atom is -0.207 e. The lowest BCUT2D eigenvalue weighted by Gasteiger charge is -2.07. The van der Waals surface area contributed by atoms with Gasteiger partial charge in [0.05, 0.1) is 0 Å². The monoisotopic (exact) mass is 178 g/mol. The maximum absolute atomic E-state index is 12.6. The standard InChI is InChI=1S/C12H15F/c13-12-7-5-11(6-8-12)9-10-3-1-2-4-10/h5-8,10H,1-4,9H2. The third kappa shape index (κ3) is 2.30. The van der Waals surface area contributed by atoms with E-state index in [2.05, 4.69) is 0 Å². The molecule has 0 heterocycles. The van der Waals surface area contributed by atoms with Gasteiger partial charge in [-0.25, -0.2) is 4.39 Å². The van der Waals surface area contributed by atoms with E-state index in [0.717, 1.165) is 12.3 Å². The molecule has 0 unspecified atom stereocenters. The molecule has 0 radical (unpaired) electrons. The van der Waals surface area contributed by atoms with Gasteiger partial charge >= 0.3 is 0 Å². The molecule has 0 saturated heterocycles. The molecule has 1 aliphatic carbocycles. The van der Waals surface area contributed by atoms with Gasteiger partial charge in [0, 0.05) is 0 Å². The third-order valence-corrected chi connectivity index (χ3v) is 2.91. The molecule has 1 heteroatoms. The summed E-state index contributed by atoms with van der Waals surface area (Å²) >= 11 is 0. The molecule has 1 aromatic carbocycles. The van der Waals surface area contributed by atoms with Crippen LogP contribution in [0.2, 0.25) is 0 Å². The van der Waals surface area contributed by atoms with Gasteiger partial charge < -0.3 is 0 Å². The first kappa shape index (κ1) is 8.74. The molecule has 0 aromatic heterocycles. The number of halogens is 1. The van der Waals surface area contributed by atoms with Crippen molar-refractivity contribution in [2.45, 2.75) is 32.1 Å². The SMILES string of the molecule is Fc1ccc(CC2CCCC2)cc1. The molecule has 1 aliphatic rings. The van der Waals surface area contributed by atoms with E-state index in [1.165, 1.54) is 31.2 Å². The molecule has 0 spiro atoms. The zero-order valence-corrected chi connectivity index (χ0v) is 7.80. The van der Waals surface area contributed by atoms with E-state index in [9.17, 15) is 4.39 Å². The average Bonchev–Trinajstić information content (AvgIpc) is 2.62. The van der Waals surface area contributed by atoms with Crippen LogP contribution in [0.25, 0.3) is 0 Å². The zero-order valence-electron chi connectivity index (χ0n) is 7.80. The van der Waals surface area contributed by atoms with E-state index in [0.29, 0.717) is 0 Å². The average molecular weight is 178 g/mol. The smallest absolute Gasteiger partial charge is 0.123 e. The number of hydrogen-bond donors (Lipinski definition) is 0. The Morgan fingerprint density at radius 1 is 1.08 bits per heavy atom. The van der Waals surface area contributed by atoms with Crippen molar-refractivity contribution < 1.29 is 4.39 Å². The van der Waals surface area contributed by atoms with Gasteiger partial charge in [-0.2, -0.15) is 0 Å². The topological polar surface area (TPSA) is 0 Å². The predicted octanol–water partition coefficient (Wildman–Crippen LogP) is 3.56. The van der Waals surface area contributed by atoms with Crippen molar-refractivity contribution >= 4 is 0 Å². The number of benzene rings is 1. The Kier molecular flexibility index (Phi) is 2.62. The molecule has 0 aliphatic heterocycles. The highest BCUT2D eigenvalue weighted by molar-refractivity contribution is 5.16. The molecule has 0 N–H and O–H groups in total. The fourth-order valence-electron chi connectivity index (χ4n) is 2.17. The summed E-state index contributed by atoms with van der Waals surface area (Å²) in [5.41, 5.74) is 1.29. The Labute approximate surface area is 78.8 Å². The second-order valence-electron chi connectivity index (χ2n) is 3.98. The Morgan fingerprint density at radius 3 is 2.31 bits per heavy atom. The van der Waals surface area contributed by atoms with Crippen LogP contribution in [0.15, 0.2) is 24.3 Å². The van der Waals surface area contributed by atoms with Crippen LogP contribution >= 0.6 is 0 Å². The normalized spacial score (nSPS) is 17.9. The van der Waals surface area contributed by atoms with Crippen LogP contribution in [0.3, 0.4) is 0 Å². The van der Waals surface area contributed by atoms with Crippen LogP contribution < -0.4 is 0 Å². The van der Waals surface area contributed by atoms with Gasteiger partial charge in [0.15, 0.2) is 0 Å². The molecule has 2 rings (SSSR count). The molecule has 1 fully saturated rings. The Hall–Kier alpha value is -0.850. The lowest BCUT2D eigenvalue weighted by atomic mass is 9.98. The predicted molar refractivity (Wildman–Crippen MR) is 52.1 cm³/mol. The van der Waals surface area contributed by atoms with Gasteiger partial charge in [-0.3, -0.25) is 0 Å². The van der Waals surface area contributed by atoms with Gasteiger partial charge in [0.25, 0.3) is 0 Å². The van der Waals surface area contributed by atoms with E-state index in [4.69, 9.17) is 0 Å². The molecule has 13 heavy (non-hydrogen) atoms. The maximum Gasteiger partial charge on any atom is 0.123 e. The summed E-state index contributed by atoms with van der Waals surface area (Å²) in [6.07, 6.45) is 6.62.